The van der Waals surface area contributed by atoms with Gasteiger partial charge < -0.3 is 10.0 Å². The number of benzene rings is 2. The number of aryl methyl sites for hydroxylation is 2. The second kappa shape index (κ2) is 5.63. The molecule has 0 saturated carbocycles. The Morgan fingerprint density at radius 3 is 2.40 bits per heavy atom. The molecule has 0 fully saturated rings. The van der Waals surface area contributed by atoms with Crippen LogP contribution in [0.1, 0.15) is 29.7 Å². The average Bonchev–Trinajstić information content (AvgIpc) is 2.37. The molecule has 3 heteroatoms. The molecule has 0 spiro atoms. The fraction of sp³-hybridized carbons (Fsp3) is 0.294. The van der Waals surface area contributed by atoms with Gasteiger partial charge in [-0.3, -0.25) is 0 Å². The molecule has 1 atom stereocenters. The molecule has 0 saturated heterocycles. The molecule has 0 amide bonds. The summed E-state index contributed by atoms with van der Waals surface area (Å²) in [6.07, 6.45) is -0.848. The zero-order valence-corrected chi connectivity index (χ0v) is 12.3. The van der Waals surface area contributed by atoms with Gasteiger partial charge in [0.25, 0.3) is 0 Å². The SMILES string of the molecule is Cc1ccc(N(C)c2cccc(F)c2[C@H](C)O)c(C)c1. The molecule has 0 aliphatic carbocycles. The van der Waals surface area contributed by atoms with Crippen LogP contribution in [0.4, 0.5) is 15.8 Å². The molecular formula is C17H20FNO. The first kappa shape index (κ1) is 14.5. The van der Waals surface area contributed by atoms with E-state index in [4.69, 9.17) is 0 Å². The quantitative estimate of drug-likeness (QED) is 0.903. The Kier molecular flexibility index (Phi) is 4.09. The standard InChI is InChI=1S/C17H20FNO/c1-11-8-9-15(12(2)10-11)19(4)16-7-5-6-14(18)17(16)13(3)20/h5-10,13,20H,1-4H3/t13-/m0/s1. The van der Waals surface area contributed by atoms with Gasteiger partial charge in [0.05, 0.1) is 6.10 Å². The largest absolute Gasteiger partial charge is 0.389 e. The Morgan fingerprint density at radius 2 is 1.80 bits per heavy atom. The van der Waals surface area contributed by atoms with E-state index in [1.165, 1.54) is 11.6 Å². The summed E-state index contributed by atoms with van der Waals surface area (Å²) in [6, 6.07) is 11.0. The minimum Gasteiger partial charge on any atom is -0.389 e. The molecule has 0 heterocycles. The number of hydrogen-bond donors (Lipinski definition) is 1. The Morgan fingerprint density at radius 1 is 1.10 bits per heavy atom. The molecule has 2 rings (SSSR count). The lowest BCUT2D eigenvalue weighted by atomic mass is 10.0. The maximum absolute atomic E-state index is 14.0. The number of halogens is 1. The van der Waals surface area contributed by atoms with Crippen LogP contribution in [-0.4, -0.2) is 12.2 Å². The van der Waals surface area contributed by atoms with Gasteiger partial charge in [-0.25, -0.2) is 4.39 Å². The van der Waals surface area contributed by atoms with Gasteiger partial charge in [-0.15, -0.1) is 0 Å². The van der Waals surface area contributed by atoms with Gasteiger partial charge in [0.2, 0.25) is 0 Å². The minimum absolute atomic E-state index is 0.329. The lowest BCUT2D eigenvalue weighted by molar-refractivity contribution is 0.194. The highest BCUT2D eigenvalue weighted by atomic mass is 19.1. The third kappa shape index (κ3) is 2.68. The van der Waals surface area contributed by atoms with Crippen molar-refractivity contribution in [1.82, 2.24) is 0 Å². The lowest BCUT2D eigenvalue weighted by Crippen LogP contribution is -2.15. The van der Waals surface area contributed by atoms with Crippen LogP contribution < -0.4 is 4.90 Å². The van der Waals surface area contributed by atoms with Crippen LogP contribution in [0.25, 0.3) is 0 Å². The molecule has 2 aromatic carbocycles. The number of hydrogen-bond acceptors (Lipinski definition) is 2. The molecule has 0 unspecified atom stereocenters. The summed E-state index contributed by atoms with van der Waals surface area (Å²) >= 11 is 0. The van der Waals surface area contributed by atoms with Crippen LogP contribution in [-0.2, 0) is 0 Å². The Hall–Kier alpha value is -1.87. The highest BCUT2D eigenvalue weighted by molar-refractivity contribution is 5.69. The highest BCUT2D eigenvalue weighted by Crippen LogP contribution is 2.34. The van der Waals surface area contributed by atoms with Crippen molar-refractivity contribution in [3.63, 3.8) is 0 Å². The Bertz CT molecular complexity index is 622. The van der Waals surface area contributed by atoms with E-state index in [0.717, 1.165) is 11.3 Å². The highest BCUT2D eigenvalue weighted by Gasteiger charge is 2.17. The van der Waals surface area contributed by atoms with Crippen LogP contribution >= 0.6 is 0 Å². The lowest BCUT2D eigenvalue weighted by Gasteiger charge is -2.25. The van der Waals surface area contributed by atoms with Gasteiger partial charge >= 0.3 is 0 Å². The van der Waals surface area contributed by atoms with Crippen molar-refractivity contribution in [3.8, 4) is 0 Å². The van der Waals surface area contributed by atoms with Crippen molar-refractivity contribution < 1.29 is 9.50 Å². The molecule has 0 bridgehead atoms. The van der Waals surface area contributed by atoms with E-state index in [-0.39, 0.29) is 5.82 Å². The van der Waals surface area contributed by atoms with Crippen LogP contribution in [0.15, 0.2) is 36.4 Å². The van der Waals surface area contributed by atoms with Crippen molar-refractivity contribution in [2.24, 2.45) is 0 Å². The number of nitrogens with zero attached hydrogens (tertiary/aromatic N) is 1. The molecule has 106 valence electrons. The molecule has 20 heavy (non-hydrogen) atoms. The first-order chi connectivity index (χ1) is 9.41. The zero-order chi connectivity index (χ0) is 14.9. The van der Waals surface area contributed by atoms with Crippen molar-refractivity contribution >= 4 is 11.4 Å². The van der Waals surface area contributed by atoms with Gasteiger partial charge in [0.1, 0.15) is 5.82 Å². The monoisotopic (exact) mass is 273 g/mol. The first-order valence-electron chi connectivity index (χ1n) is 6.69. The van der Waals surface area contributed by atoms with Crippen LogP contribution in [0.3, 0.4) is 0 Å². The van der Waals surface area contributed by atoms with E-state index in [2.05, 4.69) is 6.07 Å². The van der Waals surface area contributed by atoms with Crippen LogP contribution in [0.2, 0.25) is 0 Å². The number of anilines is 2. The summed E-state index contributed by atoms with van der Waals surface area (Å²) in [5.41, 5.74) is 4.33. The second-order valence-electron chi connectivity index (χ2n) is 5.20. The van der Waals surface area contributed by atoms with E-state index >= 15 is 0 Å². The van der Waals surface area contributed by atoms with Gasteiger partial charge in [-0.05, 0) is 44.5 Å². The summed E-state index contributed by atoms with van der Waals surface area (Å²) < 4.78 is 14.0. The summed E-state index contributed by atoms with van der Waals surface area (Å²) in [7, 11) is 1.89. The molecule has 0 radical (unpaired) electrons. The van der Waals surface area contributed by atoms with E-state index in [1.54, 1.807) is 13.0 Å². The van der Waals surface area contributed by atoms with Crippen LogP contribution in [0.5, 0.6) is 0 Å². The molecule has 2 nitrogen and oxygen atoms in total. The fourth-order valence-electron chi connectivity index (χ4n) is 2.54. The van der Waals surface area contributed by atoms with Crippen molar-refractivity contribution in [2.75, 3.05) is 11.9 Å². The third-order valence-corrected chi connectivity index (χ3v) is 3.52. The number of rotatable bonds is 3. The predicted molar refractivity (Wildman–Crippen MR) is 81.0 cm³/mol. The summed E-state index contributed by atoms with van der Waals surface area (Å²) in [5, 5.41) is 9.83. The summed E-state index contributed by atoms with van der Waals surface area (Å²) in [4.78, 5) is 1.92. The number of aliphatic hydroxyl groups excluding tert-OH is 1. The normalized spacial score (nSPS) is 12.3. The van der Waals surface area contributed by atoms with Crippen molar-refractivity contribution in [2.45, 2.75) is 26.9 Å². The third-order valence-electron chi connectivity index (χ3n) is 3.52. The van der Waals surface area contributed by atoms with E-state index in [0.29, 0.717) is 11.3 Å². The molecule has 2 aromatic rings. The maximum atomic E-state index is 14.0. The second-order valence-corrected chi connectivity index (χ2v) is 5.20. The summed E-state index contributed by atoms with van der Waals surface area (Å²) in [5.74, 6) is -0.380. The summed E-state index contributed by atoms with van der Waals surface area (Å²) in [6.45, 7) is 5.65. The molecule has 0 aliphatic heterocycles. The maximum Gasteiger partial charge on any atom is 0.131 e. The molecular weight excluding hydrogens is 253 g/mol. The molecule has 0 aliphatic rings. The van der Waals surface area contributed by atoms with Crippen molar-refractivity contribution in [1.29, 1.82) is 0 Å². The average molecular weight is 273 g/mol. The van der Waals surface area contributed by atoms with Gasteiger partial charge in [0, 0.05) is 24.0 Å². The molecule has 0 aromatic heterocycles. The zero-order valence-electron chi connectivity index (χ0n) is 12.3. The van der Waals surface area contributed by atoms with E-state index in [9.17, 15) is 9.50 Å². The minimum atomic E-state index is -0.848. The number of aliphatic hydroxyl groups is 1. The molecule has 1 N–H and O–H groups in total. The van der Waals surface area contributed by atoms with Crippen molar-refractivity contribution in [3.05, 3.63) is 58.9 Å². The smallest absolute Gasteiger partial charge is 0.131 e. The van der Waals surface area contributed by atoms with Gasteiger partial charge in [-0.2, -0.15) is 0 Å². The Balaban J connectivity index is 2.53. The van der Waals surface area contributed by atoms with Gasteiger partial charge in [0.15, 0.2) is 0 Å². The predicted octanol–water partition coefficient (Wildman–Crippen LogP) is 4.26. The van der Waals surface area contributed by atoms with E-state index in [1.807, 2.05) is 44.0 Å². The topological polar surface area (TPSA) is 23.5 Å². The fourth-order valence-corrected chi connectivity index (χ4v) is 2.54. The Labute approximate surface area is 119 Å². The first-order valence-corrected chi connectivity index (χ1v) is 6.69. The van der Waals surface area contributed by atoms with Crippen LogP contribution in [0, 0.1) is 19.7 Å². The van der Waals surface area contributed by atoms with Gasteiger partial charge in [-0.1, -0.05) is 23.8 Å². The van der Waals surface area contributed by atoms with E-state index < -0.39 is 6.10 Å².